The molecule has 0 aliphatic heterocycles. The minimum atomic E-state index is -0.618. The number of rotatable bonds is 30. The first kappa shape index (κ1) is 114. The maximum atomic E-state index is 11.1. The summed E-state index contributed by atoms with van der Waals surface area (Å²) in [4.78, 5) is 0. The minimum Gasteiger partial charge on any atom is -0.854 e. The summed E-state index contributed by atoms with van der Waals surface area (Å²) in [5, 5.41) is 157. The zero-order valence-corrected chi connectivity index (χ0v) is 58.4. The van der Waals surface area contributed by atoms with Crippen molar-refractivity contribution in [2.75, 3.05) is 39.6 Å². The van der Waals surface area contributed by atoms with E-state index in [1.54, 1.807) is 41.5 Å². The van der Waals surface area contributed by atoms with Gasteiger partial charge in [-0.3, -0.25) is 0 Å². The molecule has 12 unspecified atom stereocenters. The van der Waals surface area contributed by atoms with Gasteiger partial charge in [-0.2, -0.15) is 0 Å². The van der Waals surface area contributed by atoms with Crippen LogP contribution in [0.2, 0.25) is 0 Å². The van der Waals surface area contributed by atoms with E-state index in [1.807, 2.05) is 83.1 Å². The van der Waals surface area contributed by atoms with Crippen LogP contribution in [0.4, 0.5) is 0 Å². The molecule has 20 heteroatoms. The molecule has 15 nitrogen and oxygen atoms in total. The summed E-state index contributed by atoms with van der Waals surface area (Å²) >= 11 is 0. The SMILES string of the molecule is CC(C)[O-].CC(C)[O-].CC(C)[O-].CCCC([O-])C(CC)C[O-].CCCC([O-])C(CC)C[O-].CCCC([O-])C(CC)C[O-].CCCC([O-])C(CC)C[O-].CCCC([O-])C(CC)C[O-].CCCC([O-])C(CC)C[O-].[Al+3].[Al+3].[Al+3].[Al+3].[Al+3]. The molecular formula is C57H117Al5O15. The third-order valence-electron chi connectivity index (χ3n) is 11.0. The van der Waals surface area contributed by atoms with Gasteiger partial charge < -0.3 is 76.6 Å². The van der Waals surface area contributed by atoms with Crippen LogP contribution < -0.4 is 76.6 Å². The Bertz CT molecular complexity index is 715. The van der Waals surface area contributed by atoms with E-state index in [1.165, 1.54) is 0 Å². The average Bonchev–Trinajstić information content (AvgIpc) is 3.30. The normalized spacial score (nSPS) is 14.5. The van der Waals surface area contributed by atoms with Crippen molar-refractivity contribution >= 4 is 86.8 Å². The molecule has 0 rings (SSSR count). The summed E-state index contributed by atoms with van der Waals surface area (Å²) in [7, 11) is 0. The van der Waals surface area contributed by atoms with Crippen LogP contribution in [-0.4, -0.2) is 181 Å². The minimum absolute atomic E-state index is 0. The Morgan fingerprint density at radius 1 is 0.208 bits per heavy atom. The van der Waals surface area contributed by atoms with Crippen LogP contribution in [0.25, 0.3) is 0 Å². The summed E-state index contributed by atoms with van der Waals surface area (Å²) in [6.07, 6.45) is 8.73. The van der Waals surface area contributed by atoms with Crippen molar-refractivity contribution in [3.63, 3.8) is 0 Å². The third kappa shape index (κ3) is 97.5. The summed E-state index contributed by atoms with van der Waals surface area (Å²) in [6.45, 7) is 31.7. The molecule has 0 aliphatic rings. The molecule has 0 saturated heterocycles. The maximum absolute atomic E-state index is 11.1. The standard InChI is InChI=1S/6C8H16O2.3C3H7O.5Al/c6*1-3-5-8(10)7(4-2)6-9;3*1-3(2)4;;;;;/h6*7-8H,3-6H2,1-2H3;3*3H,1-2H3;;;;;/q6*-2;3*-1;5*+3. The van der Waals surface area contributed by atoms with Crippen molar-refractivity contribution < 1.29 is 76.6 Å². The molecule has 0 aliphatic carbocycles. The van der Waals surface area contributed by atoms with Crippen LogP contribution in [0.15, 0.2) is 0 Å². The van der Waals surface area contributed by atoms with Crippen LogP contribution in [0, 0.1) is 35.5 Å². The summed E-state index contributed by atoms with van der Waals surface area (Å²) in [5.41, 5.74) is 0. The van der Waals surface area contributed by atoms with Crippen LogP contribution in [-0.2, 0) is 0 Å². The van der Waals surface area contributed by atoms with Gasteiger partial charge in [0.15, 0.2) is 0 Å². The Morgan fingerprint density at radius 2 is 0.286 bits per heavy atom. The van der Waals surface area contributed by atoms with Crippen molar-refractivity contribution in [1.82, 2.24) is 0 Å². The molecule has 0 aromatic heterocycles. The fourth-order valence-corrected chi connectivity index (χ4v) is 6.05. The van der Waals surface area contributed by atoms with Crippen LogP contribution in [0.3, 0.4) is 0 Å². The van der Waals surface area contributed by atoms with Gasteiger partial charge in [-0.1, -0.05) is 276 Å². The monoisotopic (exact) mass is 1180 g/mol. The van der Waals surface area contributed by atoms with Crippen LogP contribution in [0.1, 0.15) is 240 Å². The molecule has 0 aromatic carbocycles. The molecule has 0 saturated carbocycles. The van der Waals surface area contributed by atoms with E-state index in [-0.39, 0.29) is 162 Å². The fourth-order valence-electron chi connectivity index (χ4n) is 6.05. The Kier molecular flexibility index (Phi) is 136. The van der Waals surface area contributed by atoms with Gasteiger partial charge in [-0.05, 0) is 0 Å². The predicted molar refractivity (Wildman–Crippen MR) is 298 cm³/mol. The molecule has 0 radical (unpaired) electrons. The molecule has 0 spiro atoms. The maximum Gasteiger partial charge on any atom is 3.00 e. The molecule has 0 amide bonds. The van der Waals surface area contributed by atoms with E-state index in [0.29, 0.717) is 38.5 Å². The van der Waals surface area contributed by atoms with Crippen LogP contribution >= 0.6 is 0 Å². The van der Waals surface area contributed by atoms with Gasteiger partial charge in [0.1, 0.15) is 0 Å². The molecule has 450 valence electrons. The topological polar surface area (TPSA) is 346 Å². The molecule has 0 N–H and O–H groups in total. The summed E-state index contributed by atoms with van der Waals surface area (Å²) in [5.74, 6) is -0.834. The van der Waals surface area contributed by atoms with E-state index < -0.39 is 54.9 Å². The Morgan fingerprint density at radius 3 is 0.325 bits per heavy atom. The molecule has 0 aromatic rings. The predicted octanol–water partition coefficient (Wildman–Crippen LogP) is -3.23. The fraction of sp³-hybridized carbons (Fsp3) is 1.00. The first-order valence-corrected chi connectivity index (χ1v) is 28.2. The Hall–Kier alpha value is 2.06. The molecular weight excluding hydrogens is 1060 g/mol. The third-order valence-corrected chi connectivity index (χ3v) is 11.0. The smallest absolute Gasteiger partial charge is 0.854 e. The van der Waals surface area contributed by atoms with Gasteiger partial charge in [0.2, 0.25) is 0 Å². The average molecular weight is 1180 g/mol. The molecule has 12 atom stereocenters. The molecule has 0 fully saturated rings. The van der Waals surface area contributed by atoms with Crippen molar-refractivity contribution in [3.05, 3.63) is 0 Å². The van der Waals surface area contributed by atoms with Crippen molar-refractivity contribution in [2.24, 2.45) is 35.5 Å². The first-order valence-electron chi connectivity index (χ1n) is 28.2. The molecule has 77 heavy (non-hydrogen) atoms. The molecule has 0 bridgehead atoms. The van der Waals surface area contributed by atoms with E-state index in [4.69, 9.17) is 0 Å². The van der Waals surface area contributed by atoms with Crippen molar-refractivity contribution in [3.8, 4) is 0 Å². The summed E-state index contributed by atoms with van der Waals surface area (Å²) in [6, 6.07) is 0. The van der Waals surface area contributed by atoms with Gasteiger partial charge in [-0.15, -0.1) is 94.6 Å². The van der Waals surface area contributed by atoms with Crippen LogP contribution in [0.5, 0.6) is 0 Å². The summed E-state index contributed by atoms with van der Waals surface area (Å²) < 4.78 is 0. The largest absolute Gasteiger partial charge is 3.00 e. The van der Waals surface area contributed by atoms with Gasteiger partial charge in [0, 0.05) is 0 Å². The van der Waals surface area contributed by atoms with Gasteiger partial charge in [0.25, 0.3) is 0 Å². The number of hydrogen-bond acceptors (Lipinski definition) is 15. The Labute approximate surface area is 530 Å². The van der Waals surface area contributed by atoms with E-state index in [9.17, 15) is 76.6 Å². The second-order valence-corrected chi connectivity index (χ2v) is 19.1. The Balaban J connectivity index is -0.0000000488. The van der Waals surface area contributed by atoms with Gasteiger partial charge in [-0.25, -0.2) is 0 Å². The quantitative estimate of drug-likeness (QED) is 0.0639. The van der Waals surface area contributed by atoms with Gasteiger partial charge >= 0.3 is 86.8 Å². The molecule has 0 heterocycles. The second-order valence-electron chi connectivity index (χ2n) is 19.1. The first-order chi connectivity index (χ1) is 33.7. The van der Waals surface area contributed by atoms with Gasteiger partial charge in [0.05, 0.1) is 0 Å². The van der Waals surface area contributed by atoms with E-state index in [2.05, 4.69) is 0 Å². The van der Waals surface area contributed by atoms with E-state index >= 15 is 0 Å². The number of hydrogen-bond donors (Lipinski definition) is 0. The zero-order valence-electron chi connectivity index (χ0n) is 52.6. The van der Waals surface area contributed by atoms with E-state index in [0.717, 1.165) is 77.0 Å². The van der Waals surface area contributed by atoms with Crippen molar-refractivity contribution in [1.29, 1.82) is 0 Å². The second kappa shape index (κ2) is 91.8. The van der Waals surface area contributed by atoms with Crippen molar-refractivity contribution in [2.45, 2.75) is 295 Å². The zero-order chi connectivity index (χ0) is 58.6.